The first-order valence-electron chi connectivity index (χ1n) is 8.88. The van der Waals surface area contributed by atoms with E-state index < -0.39 is 6.29 Å². The van der Waals surface area contributed by atoms with Crippen LogP contribution >= 0.6 is 0 Å². The molecule has 1 aliphatic rings. The fourth-order valence-corrected chi connectivity index (χ4v) is 3.20. The molecule has 2 aromatic carbocycles. The van der Waals surface area contributed by atoms with Crippen LogP contribution in [-0.2, 0) is 32.2 Å². The molecule has 0 spiro atoms. The summed E-state index contributed by atoms with van der Waals surface area (Å²) < 4.78 is 23.2. The number of methoxy groups -OCH3 is 1. The van der Waals surface area contributed by atoms with Gasteiger partial charge >= 0.3 is 0 Å². The second-order valence-corrected chi connectivity index (χ2v) is 6.39. The van der Waals surface area contributed by atoms with Crippen LogP contribution in [0.1, 0.15) is 11.1 Å². The summed E-state index contributed by atoms with van der Waals surface area (Å²) in [6.07, 6.45) is -1.07. The van der Waals surface area contributed by atoms with Gasteiger partial charge in [-0.25, -0.2) is 0 Å². The summed E-state index contributed by atoms with van der Waals surface area (Å²) in [5.74, 6) is -0.242. The van der Waals surface area contributed by atoms with Gasteiger partial charge in [0.1, 0.15) is 6.10 Å². The van der Waals surface area contributed by atoms with E-state index in [0.29, 0.717) is 19.8 Å². The third-order valence-electron chi connectivity index (χ3n) is 4.57. The van der Waals surface area contributed by atoms with E-state index in [2.05, 4.69) is 0 Å². The van der Waals surface area contributed by atoms with Crippen molar-refractivity contribution in [3.8, 4) is 0 Å². The van der Waals surface area contributed by atoms with Crippen LogP contribution in [0.4, 0.5) is 0 Å². The second-order valence-electron chi connectivity index (χ2n) is 6.39. The number of rotatable bonds is 9. The van der Waals surface area contributed by atoms with E-state index >= 15 is 0 Å². The summed E-state index contributed by atoms with van der Waals surface area (Å²) in [5.41, 5.74) is 2.18. The summed E-state index contributed by atoms with van der Waals surface area (Å²) in [7, 11) is 1.58. The standard InChI is InChI=1S/C21H26O5/c1-23-21-18(12-22)20(25-14-17-10-6-3-7-11-17)19(26-21)15-24-13-16-8-4-2-5-9-16/h2-11,18-22H,12-15H2,1H3. The molecule has 0 bridgehead atoms. The Bertz CT molecular complexity index is 633. The molecule has 4 unspecified atom stereocenters. The number of hydrogen-bond donors (Lipinski definition) is 1. The zero-order chi connectivity index (χ0) is 18.2. The Labute approximate surface area is 154 Å². The summed E-state index contributed by atoms with van der Waals surface area (Å²) >= 11 is 0. The molecule has 5 heteroatoms. The lowest BCUT2D eigenvalue weighted by molar-refractivity contribution is -0.148. The molecular formula is C21H26O5. The number of aliphatic hydroxyl groups excluding tert-OH is 1. The van der Waals surface area contributed by atoms with Gasteiger partial charge in [0.2, 0.25) is 0 Å². The van der Waals surface area contributed by atoms with Crippen molar-refractivity contribution in [2.75, 3.05) is 20.3 Å². The van der Waals surface area contributed by atoms with Gasteiger partial charge in [0.15, 0.2) is 6.29 Å². The van der Waals surface area contributed by atoms with Gasteiger partial charge in [-0.15, -0.1) is 0 Å². The molecule has 1 aliphatic heterocycles. The van der Waals surface area contributed by atoms with E-state index in [1.807, 2.05) is 60.7 Å². The Morgan fingerprint density at radius 1 is 0.923 bits per heavy atom. The summed E-state index contributed by atoms with van der Waals surface area (Å²) in [5, 5.41) is 9.78. The van der Waals surface area contributed by atoms with Crippen molar-refractivity contribution >= 4 is 0 Å². The molecule has 3 rings (SSSR count). The summed E-state index contributed by atoms with van der Waals surface area (Å²) in [6.45, 7) is 1.28. The first-order valence-corrected chi connectivity index (χ1v) is 8.88. The van der Waals surface area contributed by atoms with Crippen molar-refractivity contribution in [1.29, 1.82) is 0 Å². The maximum atomic E-state index is 9.78. The average molecular weight is 358 g/mol. The molecule has 26 heavy (non-hydrogen) atoms. The molecule has 2 aromatic rings. The molecule has 1 N–H and O–H groups in total. The highest BCUT2D eigenvalue weighted by Crippen LogP contribution is 2.31. The third-order valence-corrected chi connectivity index (χ3v) is 4.57. The van der Waals surface area contributed by atoms with Gasteiger partial charge in [-0.2, -0.15) is 0 Å². The number of ether oxygens (including phenoxy) is 4. The lowest BCUT2D eigenvalue weighted by Gasteiger charge is -2.22. The molecule has 0 radical (unpaired) electrons. The number of benzene rings is 2. The van der Waals surface area contributed by atoms with Crippen LogP contribution in [0.25, 0.3) is 0 Å². The SMILES string of the molecule is COC1OC(COCc2ccccc2)C(OCc2ccccc2)C1CO. The summed E-state index contributed by atoms with van der Waals surface area (Å²) in [4.78, 5) is 0. The van der Waals surface area contributed by atoms with Crippen LogP contribution in [-0.4, -0.2) is 43.9 Å². The fourth-order valence-electron chi connectivity index (χ4n) is 3.20. The number of aliphatic hydroxyl groups is 1. The van der Waals surface area contributed by atoms with Crippen molar-refractivity contribution in [3.63, 3.8) is 0 Å². The van der Waals surface area contributed by atoms with Crippen LogP contribution in [0.5, 0.6) is 0 Å². The highest BCUT2D eigenvalue weighted by molar-refractivity contribution is 5.14. The molecule has 0 amide bonds. The Balaban J connectivity index is 1.59. The van der Waals surface area contributed by atoms with Gasteiger partial charge < -0.3 is 24.1 Å². The molecule has 1 heterocycles. The molecule has 0 aliphatic carbocycles. The zero-order valence-electron chi connectivity index (χ0n) is 15.0. The molecule has 1 saturated heterocycles. The van der Waals surface area contributed by atoms with Gasteiger partial charge in [-0.1, -0.05) is 60.7 Å². The van der Waals surface area contributed by atoms with Gasteiger partial charge in [0.05, 0.1) is 38.4 Å². The van der Waals surface area contributed by atoms with E-state index in [1.165, 1.54) is 0 Å². The average Bonchev–Trinajstić information content (AvgIpc) is 3.04. The van der Waals surface area contributed by atoms with Crippen LogP contribution in [0.2, 0.25) is 0 Å². The monoisotopic (exact) mass is 358 g/mol. The molecule has 5 nitrogen and oxygen atoms in total. The predicted molar refractivity (Wildman–Crippen MR) is 97.4 cm³/mol. The van der Waals surface area contributed by atoms with Crippen molar-refractivity contribution in [1.82, 2.24) is 0 Å². The fraction of sp³-hybridized carbons (Fsp3) is 0.429. The van der Waals surface area contributed by atoms with E-state index in [0.717, 1.165) is 11.1 Å². The second kappa shape index (κ2) is 9.80. The normalized spacial score (nSPS) is 25.5. The molecule has 0 saturated carbocycles. The maximum absolute atomic E-state index is 9.78. The van der Waals surface area contributed by atoms with E-state index in [4.69, 9.17) is 18.9 Å². The minimum Gasteiger partial charge on any atom is -0.396 e. The van der Waals surface area contributed by atoms with Crippen molar-refractivity contribution < 1.29 is 24.1 Å². The first kappa shape index (κ1) is 19.0. The van der Waals surface area contributed by atoms with Crippen molar-refractivity contribution in [2.45, 2.75) is 31.7 Å². The van der Waals surface area contributed by atoms with Crippen LogP contribution in [0, 0.1) is 5.92 Å². The highest BCUT2D eigenvalue weighted by atomic mass is 16.7. The van der Waals surface area contributed by atoms with E-state index in [1.54, 1.807) is 7.11 Å². The molecular weight excluding hydrogens is 332 g/mol. The zero-order valence-corrected chi connectivity index (χ0v) is 15.0. The molecule has 0 aromatic heterocycles. The highest BCUT2D eigenvalue weighted by Gasteiger charge is 2.45. The lowest BCUT2D eigenvalue weighted by atomic mass is 10.0. The van der Waals surface area contributed by atoms with Crippen LogP contribution in [0.3, 0.4) is 0 Å². The van der Waals surface area contributed by atoms with Crippen molar-refractivity contribution in [3.05, 3.63) is 71.8 Å². The first-order chi connectivity index (χ1) is 12.8. The Morgan fingerprint density at radius 2 is 1.54 bits per heavy atom. The van der Waals surface area contributed by atoms with Gasteiger partial charge in [-0.05, 0) is 11.1 Å². The number of hydrogen-bond acceptors (Lipinski definition) is 5. The Hall–Kier alpha value is -1.76. The molecule has 1 fully saturated rings. The van der Waals surface area contributed by atoms with E-state index in [-0.39, 0.29) is 24.7 Å². The Morgan fingerprint density at radius 3 is 2.12 bits per heavy atom. The summed E-state index contributed by atoms with van der Waals surface area (Å²) in [6, 6.07) is 19.9. The smallest absolute Gasteiger partial charge is 0.165 e. The minimum absolute atomic E-state index is 0.0624. The van der Waals surface area contributed by atoms with Crippen LogP contribution in [0.15, 0.2) is 60.7 Å². The van der Waals surface area contributed by atoms with Crippen molar-refractivity contribution in [2.24, 2.45) is 5.92 Å². The predicted octanol–water partition coefficient (Wildman–Crippen LogP) is 2.77. The van der Waals surface area contributed by atoms with E-state index in [9.17, 15) is 5.11 Å². The van der Waals surface area contributed by atoms with Gasteiger partial charge in [0, 0.05) is 7.11 Å². The van der Waals surface area contributed by atoms with Gasteiger partial charge in [-0.3, -0.25) is 0 Å². The third kappa shape index (κ3) is 4.90. The topological polar surface area (TPSA) is 57.2 Å². The minimum atomic E-state index is -0.494. The quantitative estimate of drug-likeness (QED) is 0.747. The van der Waals surface area contributed by atoms with Gasteiger partial charge in [0.25, 0.3) is 0 Å². The van der Waals surface area contributed by atoms with Crippen LogP contribution < -0.4 is 0 Å². The molecule has 140 valence electrons. The molecule has 4 atom stereocenters. The Kier molecular flexibility index (Phi) is 7.17. The largest absolute Gasteiger partial charge is 0.396 e. The lowest BCUT2D eigenvalue weighted by Crippen LogP contribution is -2.35. The maximum Gasteiger partial charge on any atom is 0.165 e.